The summed E-state index contributed by atoms with van der Waals surface area (Å²) >= 11 is 0. The summed E-state index contributed by atoms with van der Waals surface area (Å²) in [6.45, 7) is 18.6. The van der Waals surface area contributed by atoms with E-state index in [1.807, 2.05) is 0 Å². The van der Waals surface area contributed by atoms with Gasteiger partial charge in [-0.15, -0.1) is 0 Å². The maximum absolute atomic E-state index is 13.6. The number of esters is 4. The van der Waals surface area contributed by atoms with E-state index in [-0.39, 0.29) is 48.7 Å². The van der Waals surface area contributed by atoms with Gasteiger partial charge in [0.05, 0.1) is 48.7 Å². The Morgan fingerprint density at radius 3 is 0.672 bits per heavy atom. The summed E-state index contributed by atoms with van der Waals surface area (Å²) in [5, 5.41) is 0. The van der Waals surface area contributed by atoms with Crippen LogP contribution in [0.2, 0.25) is 0 Å². The molecule has 0 aliphatic carbocycles. The molecule has 58 heavy (non-hydrogen) atoms. The van der Waals surface area contributed by atoms with Crippen LogP contribution in [0.3, 0.4) is 0 Å². The third-order valence-corrected chi connectivity index (χ3v) is 10.7. The quantitative estimate of drug-likeness (QED) is 0.0375. The smallest absolute Gasteiger partial charge is 0.339 e. The Kier molecular flexibility index (Phi) is 31.0. The Morgan fingerprint density at radius 1 is 0.310 bits per heavy atom. The molecule has 1 aromatic carbocycles. The molecule has 8 nitrogen and oxygen atoms in total. The molecule has 0 aromatic heterocycles. The van der Waals surface area contributed by atoms with Crippen molar-refractivity contribution in [1.82, 2.24) is 0 Å². The van der Waals surface area contributed by atoms with E-state index in [2.05, 4.69) is 55.4 Å². The molecule has 0 aliphatic rings. The number of benzene rings is 1. The molecule has 0 spiro atoms. The van der Waals surface area contributed by atoms with Gasteiger partial charge in [0.15, 0.2) is 0 Å². The molecular weight excluding hydrogens is 729 g/mol. The summed E-state index contributed by atoms with van der Waals surface area (Å²) in [7, 11) is 0. The third-order valence-electron chi connectivity index (χ3n) is 10.7. The molecular formula is C50H86O8. The second-order valence-electron chi connectivity index (χ2n) is 18.3. The predicted octanol–water partition coefficient (Wildman–Crippen LogP) is 14.3. The van der Waals surface area contributed by atoms with E-state index < -0.39 is 23.9 Å². The minimum absolute atomic E-state index is 0.106. The molecule has 0 amide bonds. The van der Waals surface area contributed by atoms with Gasteiger partial charge in [-0.2, -0.15) is 0 Å². The van der Waals surface area contributed by atoms with Crippen molar-refractivity contribution >= 4 is 23.9 Å². The van der Waals surface area contributed by atoms with Crippen LogP contribution < -0.4 is 0 Å². The van der Waals surface area contributed by atoms with Crippen molar-refractivity contribution in [1.29, 1.82) is 0 Å². The summed E-state index contributed by atoms with van der Waals surface area (Å²) in [5.74, 6) is -0.166. The highest BCUT2D eigenvalue weighted by molar-refractivity contribution is 6.10. The SMILES string of the molecule is CC(C)CCCCCCCOC(=O)c1cc(C(=O)OCCCCCCCC(C)C)c(C(=O)OCCCCCCCC(C)C)cc1C(=O)OCCCCCCCC(C)C. The highest BCUT2D eigenvalue weighted by Gasteiger charge is 2.29. The van der Waals surface area contributed by atoms with Crippen LogP contribution in [0.4, 0.5) is 0 Å². The van der Waals surface area contributed by atoms with Crippen molar-refractivity contribution < 1.29 is 38.1 Å². The van der Waals surface area contributed by atoms with E-state index in [9.17, 15) is 19.2 Å². The molecule has 1 rings (SSSR count). The van der Waals surface area contributed by atoms with E-state index in [1.165, 1.54) is 63.5 Å². The number of hydrogen-bond donors (Lipinski definition) is 0. The lowest BCUT2D eigenvalue weighted by Crippen LogP contribution is -2.21. The second kappa shape index (κ2) is 33.9. The summed E-state index contributed by atoms with van der Waals surface area (Å²) in [6, 6.07) is 2.55. The van der Waals surface area contributed by atoms with Crippen LogP contribution in [0.5, 0.6) is 0 Å². The molecule has 0 atom stereocenters. The fourth-order valence-electron chi connectivity index (χ4n) is 6.99. The van der Waals surface area contributed by atoms with Gasteiger partial charge in [-0.25, -0.2) is 19.2 Å². The Morgan fingerprint density at radius 2 is 0.483 bits per heavy atom. The van der Waals surface area contributed by atoms with Gasteiger partial charge < -0.3 is 18.9 Å². The van der Waals surface area contributed by atoms with Crippen LogP contribution >= 0.6 is 0 Å². The Hall–Kier alpha value is -2.90. The molecule has 0 fully saturated rings. The maximum Gasteiger partial charge on any atom is 0.339 e. The lowest BCUT2D eigenvalue weighted by molar-refractivity contribution is 0.0434. The van der Waals surface area contributed by atoms with E-state index in [0.717, 1.165) is 77.0 Å². The molecule has 0 N–H and O–H groups in total. The van der Waals surface area contributed by atoms with Gasteiger partial charge >= 0.3 is 23.9 Å². The van der Waals surface area contributed by atoms with Crippen LogP contribution in [0, 0.1) is 23.7 Å². The van der Waals surface area contributed by atoms with Crippen molar-refractivity contribution in [3.63, 3.8) is 0 Å². The van der Waals surface area contributed by atoms with Crippen molar-refractivity contribution in [2.45, 2.75) is 209 Å². The molecule has 0 radical (unpaired) electrons. The standard InChI is InChI=1S/C50H86O8/c1-39(2)29-21-13-9-17-25-33-55-47(51)43-37-45(49(53)57-35-27-19-11-15-23-31-41(5)6)46(50(54)58-36-28-20-12-16-24-32-42(7)8)38-44(43)48(52)56-34-26-18-10-14-22-30-40(3)4/h37-42H,9-36H2,1-8H3. The lowest BCUT2D eigenvalue weighted by atomic mass is 9.97. The number of unbranched alkanes of at least 4 members (excludes halogenated alkanes) is 16. The number of ether oxygens (including phenoxy) is 4. The highest BCUT2D eigenvalue weighted by Crippen LogP contribution is 2.24. The van der Waals surface area contributed by atoms with Gasteiger partial charge in [0.2, 0.25) is 0 Å². The zero-order valence-corrected chi connectivity index (χ0v) is 38.5. The largest absolute Gasteiger partial charge is 0.462 e. The summed E-state index contributed by atoms with van der Waals surface area (Å²) < 4.78 is 22.7. The first-order chi connectivity index (χ1) is 27.8. The van der Waals surface area contributed by atoms with Crippen molar-refractivity contribution in [3.8, 4) is 0 Å². The lowest BCUT2D eigenvalue weighted by Gasteiger charge is -2.15. The monoisotopic (exact) mass is 815 g/mol. The van der Waals surface area contributed by atoms with E-state index in [4.69, 9.17) is 18.9 Å². The minimum atomic E-state index is -0.732. The van der Waals surface area contributed by atoms with Gasteiger partial charge in [0.25, 0.3) is 0 Å². The summed E-state index contributed by atoms with van der Waals surface area (Å²) in [6.07, 6.45) is 24.8. The van der Waals surface area contributed by atoms with Crippen LogP contribution in [0.1, 0.15) is 251 Å². The Balaban J connectivity index is 3.17. The van der Waals surface area contributed by atoms with Crippen molar-refractivity contribution in [2.75, 3.05) is 26.4 Å². The van der Waals surface area contributed by atoms with Gasteiger partial charge in [0.1, 0.15) is 0 Å². The fourth-order valence-corrected chi connectivity index (χ4v) is 6.99. The predicted molar refractivity (Wildman–Crippen MR) is 238 cm³/mol. The van der Waals surface area contributed by atoms with Gasteiger partial charge in [-0.05, 0) is 61.5 Å². The maximum atomic E-state index is 13.6. The van der Waals surface area contributed by atoms with Crippen LogP contribution in [0.25, 0.3) is 0 Å². The van der Waals surface area contributed by atoms with Gasteiger partial charge in [0, 0.05) is 0 Å². The topological polar surface area (TPSA) is 105 Å². The highest BCUT2D eigenvalue weighted by atomic mass is 16.5. The van der Waals surface area contributed by atoms with Gasteiger partial charge in [-0.1, -0.05) is 184 Å². The minimum Gasteiger partial charge on any atom is -0.462 e. The van der Waals surface area contributed by atoms with Crippen LogP contribution in [-0.4, -0.2) is 50.3 Å². The normalized spacial score (nSPS) is 11.5. The van der Waals surface area contributed by atoms with Crippen molar-refractivity contribution in [2.24, 2.45) is 23.7 Å². The molecule has 8 heteroatoms. The molecule has 0 heterocycles. The molecule has 0 saturated carbocycles. The second-order valence-corrected chi connectivity index (χ2v) is 18.3. The third kappa shape index (κ3) is 27.0. The van der Waals surface area contributed by atoms with Gasteiger partial charge in [-0.3, -0.25) is 0 Å². The molecule has 0 saturated heterocycles. The van der Waals surface area contributed by atoms with Crippen LogP contribution in [0.15, 0.2) is 12.1 Å². The number of carbonyl (C=O) groups excluding carboxylic acids is 4. The number of carbonyl (C=O) groups is 4. The fraction of sp³-hybridized carbons (Fsp3) is 0.800. The molecule has 0 unspecified atom stereocenters. The van der Waals surface area contributed by atoms with Crippen molar-refractivity contribution in [3.05, 3.63) is 34.4 Å². The molecule has 1 aromatic rings. The van der Waals surface area contributed by atoms with E-state index in [1.54, 1.807) is 0 Å². The molecule has 0 aliphatic heterocycles. The average molecular weight is 815 g/mol. The van der Waals surface area contributed by atoms with E-state index >= 15 is 0 Å². The number of hydrogen-bond acceptors (Lipinski definition) is 8. The average Bonchev–Trinajstić information content (AvgIpc) is 3.17. The first kappa shape index (κ1) is 53.1. The van der Waals surface area contributed by atoms with Crippen LogP contribution in [-0.2, 0) is 18.9 Å². The zero-order valence-electron chi connectivity index (χ0n) is 38.5. The Bertz CT molecular complexity index is 1060. The summed E-state index contributed by atoms with van der Waals surface area (Å²) in [4.78, 5) is 54.6. The molecule has 334 valence electrons. The molecule has 0 bridgehead atoms. The summed E-state index contributed by atoms with van der Waals surface area (Å²) in [5.41, 5.74) is -0.423. The Labute approximate surface area is 355 Å². The zero-order chi connectivity index (χ0) is 43.0. The first-order valence-corrected chi connectivity index (χ1v) is 23.7. The first-order valence-electron chi connectivity index (χ1n) is 23.7. The van der Waals surface area contributed by atoms with E-state index in [0.29, 0.717) is 49.4 Å². The number of rotatable bonds is 36.